The van der Waals surface area contributed by atoms with Crippen LogP contribution in [0.4, 0.5) is 5.69 Å². The lowest BCUT2D eigenvalue weighted by molar-refractivity contribution is -0.119. The molecule has 1 heterocycles. The summed E-state index contributed by atoms with van der Waals surface area (Å²) in [6.45, 7) is 3.53. The van der Waals surface area contributed by atoms with Crippen LogP contribution in [-0.2, 0) is 4.79 Å². The molecule has 0 saturated carbocycles. The average molecular weight is 280 g/mol. The third kappa shape index (κ3) is 2.88. The Kier molecular flexibility index (Phi) is 3.76. The Morgan fingerprint density at radius 1 is 1.53 bits per heavy atom. The lowest BCUT2D eigenvalue weighted by atomic mass is 10.2. The van der Waals surface area contributed by atoms with E-state index in [1.54, 1.807) is 30.7 Å². The molecule has 0 aliphatic heterocycles. The van der Waals surface area contributed by atoms with Crippen LogP contribution in [0, 0.1) is 6.92 Å². The molecule has 0 radical (unpaired) electrons. The predicted octanol–water partition coefficient (Wildman–Crippen LogP) is 2.75. The maximum absolute atomic E-state index is 12.1. The second kappa shape index (κ2) is 5.32. The number of anilines is 1. The van der Waals surface area contributed by atoms with Crippen LogP contribution in [-0.4, -0.2) is 20.8 Å². The maximum Gasteiger partial charge on any atom is 0.248 e. The van der Waals surface area contributed by atoms with Crippen LogP contribution in [0.3, 0.4) is 0 Å². The molecule has 100 valence electrons. The maximum atomic E-state index is 12.1. The van der Waals surface area contributed by atoms with Gasteiger partial charge in [-0.25, -0.2) is 0 Å². The first-order valence-electron chi connectivity index (χ1n) is 5.78. The number of aromatic nitrogens is 2. The van der Waals surface area contributed by atoms with Gasteiger partial charge < -0.3 is 10.4 Å². The number of aromatic hydroxyl groups is 1. The highest BCUT2D eigenvalue weighted by atomic mass is 35.5. The van der Waals surface area contributed by atoms with E-state index >= 15 is 0 Å². The number of hydrogen-bond acceptors (Lipinski definition) is 3. The molecule has 2 rings (SSSR count). The number of amides is 1. The number of phenolic OH excluding ortho intramolecular Hbond substituents is 1. The van der Waals surface area contributed by atoms with Crippen molar-refractivity contribution in [1.82, 2.24) is 9.78 Å². The van der Waals surface area contributed by atoms with Crippen molar-refractivity contribution in [2.24, 2.45) is 0 Å². The smallest absolute Gasteiger partial charge is 0.248 e. The first kappa shape index (κ1) is 13.4. The normalized spacial score (nSPS) is 12.2. The summed E-state index contributed by atoms with van der Waals surface area (Å²) >= 11 is 5.91. The van der Waals surface area contributed by atoms with E-state index < -0.39 is 6.04 Å². The third-order valence-electron chi connectivity index (χ3n) is 2.84. The fourth-order valence-corrected chi connectivity index (χ4v) is 1.86. The largest absolute Gasteiger partial charge is 0.508 e. The Balaban J connectivity index is 2.14. The van der Waals surface area contributed by atoms with Gasteiger partial charge in [0.1, 0.15) is 11.8 Å². The number of phenols is 1. The van der Waals surface area contributed by atoms with E-state index in [2.05, 4.69) is 10.4 Å². The van der Waals surface area contributed by atoms with Crippen molar-refractivity contribution in [3.8, 4) is 5.75 Å². The van der Waals surface area contributed by atoms with Gasteiger partial charge in [0.2, 0.25) is 5.91 Å². The zero-order valence-corrected chi connectivity index (χ0v) is 11.3. The number of carbonyl (C=O) groups excluding carboxylic acids is 1. The van der Waals surface area contributed by atoms with Gasteiger partial charge >= 0.3 is 0 Å². The van der Waals surface area contributed by atoms with E-state index in [4.69, 9.17) is 11.6 Å². The van der Waals surface area contributed by atoms with Gasteiger partial charge in [-0.15, -0.1) is 0 Å². The van der Waals surface area contributed by atoms with Crippen LogP contribution in [0.25, 0.3) is 0 Å². The van der Waals surface area contributed by atoms with Crippen molar-refractivity contribution in [2.75, 3.05) is 5.32 Å². The minimum absolute atomic E-state index is 0.101. The molecule has 0 aliphatic rings. The monoisotopic (exact) mass is 279 g/mol. The Bertz CT molecular complexity index is 610. The van der Waals surface area contributed by atoms with Crippen LogP contribution in [0.1, 0.15) is 18.7 Å². The molecule has 1 atom stereocenters. The first-order valence-corrected chi connectivity index (χ1v) is 6.16. The fourth-order valence-electron chi connectivity index (χ4n) is 1.73. The Hall–Kier alpha value is -2.01. The van der Waals surface area contributed by atoms with Crippen LogP contribution in [0.5, 0.6) is 5.75 Å². The van der Waals surface area contributed by atoms with E-state index in [1.807, 2.05) is 0 Å². The molecule has 0 fully saturated rings. The second-order valence-electron chi connectivity index (χ2n) is 4.24. The van der Waals surface area contributed by atoms with Gasteiger partial charge in [-0.05, 0) is 26.0 Å². The van der Waals surface area contributed by atoms with Crippen LogP contribution in [0.15, 0.2) is 30.5 Å². The highest BCUT2D eigenvalue weighted by Gasteiger charge is 2.18. The predicted molar refractivity (Wildman–Crippen MR) is 73.4 cm³/mol. The van der Waals surface area contributed by atoms with Crippen molar-refractivity contribution >= 4 is 23.2 Å². The molecule has 0 saturated heterocycles. The molecule has 0 aliphatic carbocycles. The zero-order valence-electron chi connectivity index (χ0n) is 10.6. The average Bonchev–Trinajstić information content (AvgIpc) is 2.69. The van der Waals surface area contributed by atoms with Crippen molar-refractivity contribution in [3.63, 3.8) is 0 Å². The summed E-state index contributed by atoms with van der Waals surface area (Å²) in [4.78, 5) is 12.1. The van der Waals surface area contributed by atoms with E-state index in [9.17, 15) is 9.90 Å². The van der Waals surface area contributed by atoms with Gasteiger partial charge in [-0.2, -0.15) is 5.10 Å². The number of hydrogen-bond donors (Lipinski definition) is 2. The highest BCUT2D eigenvalue weighted by Crippen LogP contribution is 2.20. The molecule has 1 amide bonds. The van der Waals surface area contributed by atoms with Gasteiger partial charge in [-0.3, -0.25) is 9.48 Å². The number of halogens is 1. The topological polar surface area (TPSA) is 67.2 Å². The zero-order chi connectivity index (χ0) is 14.0. The molecule has 2 N–H and O–H groups in total. The van der Waals surface area contributed by atoms with Gasteiger partial charge in [0.05, 0.1) is 16.9 Å². The van der Waals surface area contributed by atoms with E-state index in [0.717, 1.165) is 5.69 Å². The molecule has 19 heavy (non-hydrogen) atoms. The molecule has 6 heteroatoms. The third-order valence-corrected chi connectivity index (χ3v) is 3.22. The highest BCUT2D eigenvalue weighted by molar-refractivity contribution is 6.31. The van der Waals surface area contributed by atoms with E-state index in [1.165, 1.54) is 18.3 Å². The molecular formula is C13H14ClN3O2. The summed E-state index contributed by atoms with van der Waals surface area (Å²) in [6, 6.07) is 5.89. The van der Waals surface area contributed by atoms with Crippen molar-refractivity contribution in [1.29, 1.82) is 0 Å². The van der Waals surface area contributed by atoms with Crippen LogP contribution >= 0.6 is 11.6 Å². The van der Waals surface area contributed by atoms with Gasteiger partial charge in [0.25, 0.3) is 0 Å². The first-order chi connectivity index (χ1) is 8.99. The number of nitrogens with zero attached hydrogens (tertiary/aromatic N) is 2. The quantitative estimate of drug-likeness (QED) is 0.908. The molecule has 2 aromatic rings. The number of rotatable bonds is 3. The summed E-state index contributed by atoms with van der Waals surface area (Å²) < 4.78 is 1.56. The molecule has 0 spiro atoms. The van der Waals surface area contributed by atoms with Gasteiger partial charge in [-0.1, -0.05) is 17.7 Å². The molecule has 1 unspecified atom stereocenters. The summed E-state index contributed by atoms with van der Waals surface area (Å²) in [5.74, 6) is -0.128. The van der Waals surface area contributed by atoms with Gasteiger partial charge in [0.15, 0.2) is 0 Å². The minimum atomic E-state index is -0.491. The standard InChI is InChI=1S/C13H14ClN3O2/c1-8-12(14)7-15-17(8)9(2)13(19)16-10-4-3-5-11(18)6-10/h3-7,9,18H,1-2H3,(H,16,19). The number of carbonyl (C=O) groups is 1. The Morgan fingerprint density at radius 2 is 2.26 bits per heavy atom. The lowest BCUT2D eigenvalue weighted by Gasteiger charge is -2.14. The number of benzene rings is 1. The molecule has 5 nitrogen and oxygen atoms in total. The van der Waals surface area contributed by atoms with E-state index in [0.29, 0.717) is 10.7 Å². The van der Waals surface area contributed by atoms with Crippen molar-refractivity contribution in [2.45, 2.75) is 19.9 Å². The second-order valence-corrected chi connectivity index (χ2v) is 4.65. The summed E-state index contributed by atoms with van der Waals surface area (Å²) in [5, 5.41) is 16.7. The van der Waals surface area contributed by atoms with Gasteiger partial charge in [0, 0.05) is 11.8 Å². The molecule has 1 aromatic heterocycles. The van der Waals surface area contributed by atoms with E-state index in [-0.39, 0.29) is 11.7 Å². The minimum Gasteiger partial charge on any atom is -0.508 e. The summed E-state index contributed by atoms with van der Waals surface area (Å²) in [6.07, 6.45) is 1.51. The van der Waals surface area contributed by atoms with Crippen LogP contribution in [0.2, 0.25) is 5.02 Å². The fraction of sp³-hybridized carbons (Fsp3) is 0.231. The molecule has 1 aromatic carbocycles. The lowest BCUT2D eigenvalue weighted by Crippen LogP contribution is -2.25. The Labute approximate surface area is 115 Å². The van der Waals surface area contributed by atoms with Crippen LogP contribution < -0.4 is 5.32 Å². The van der Waals surface area contributed by atoms with Crippen molar-refractivity contribution < 1.29 is 9.90 Å². The molecule has 0 bridgehead atoms. The summed E-state index contributed by atoms with van der Waals surface area (Å²) in [7, 11) is 0. The summed E-state index contributed by atoms with van der Waals surface area (Å²) in [5.41, 5.74) is 1.27. The molecular weight excluding hydrogens is 266 g/mol. The number of nitrogens with one attached hydrogen (secondary N) is 1. The van der Waals surface area contributed by atoms with Crippen molar-refractivity contribution in [3.05, 3.63) is 41.2 Å². The Morgan fingerprint density at radius 3 is 2.84 bits per heavy atom. The SMILES string of the molecule is Cc1c(Cl)cnn1C(C)C(=O)Nc1cccc(O)c1.